The van der Waals surface area contributed by atoms with E-state index in [4.69, 9.17) is 14.2 Å². The fourth-order valence-electron chi connectivity index (χ4n) is 2.24. The monoisotopic (exact) mass is 302 g/mol. The van der Waals surface area contributed by atoms with E-state index in [0.29, 0.717) is 38.8 Å². The Kier molecular flexibility index (Phi) is 11.6. The summed E-state index contributed by atoms with van der Waals surface area (Å²) in [4.78, 5) is 11.6. The zero-order chi connectivity index (χ0) is 16.1. The van der Waals surface area contributed by atoms with Crippen molar-refractivity contribution >= 4 is 5.97 Å². The maximum atomic E-state index is 11.6. The van der Waals surface area contributed by atoms with E-state index in [-0.39, 0.29) is 11.4 Å². The summed E-state index contributed by atoms with van der Waals surface area (Å²) in [6.07, 6.45) is 3.74. The van der Waals surface area contributed by atoms with Crippen LogP contribution in [0.25, 0.3) is 0 Å². The molecule has 0 fully saturated rings. The Morgan fingerprint density at radius 3 is 2.14 bits per heavy atom. The summed E-state index contributed by atoms with van der Waals surface area (Å²) in [5.41, 5.74) is 0.251. The lowest BCUT2D eigenvalue weighted by Crippen LogP contribution is -2.17. The first-order chi connectivity index (χ1) is 9.85. The fraction of sp³-hybridized carbons (Fsp3) is 0.941. The maximum absolute atomic E-state index is 11.6. The molecule has 1 unspecified atom stereocenters. The minimum absolute atomic E-state index is 0.130. The SMILES string of the molecule is CCCCOCCOCCOC(=O)CC(C)CC(C)(C)C. The van der Waals surface area contributed by atoms with Gasteiger partial charge in [-0.1, -0.05) is 41.0 Å². The molecule has 0 aromatic carbocycles. The number of carbonyl (C=O) groups is 1. The van der Waals surface area contributed by atoms with E-state index in [2.05, 4.69) is 34.6 Å². The molecule has 0 N–H and O–H groups in total. The van der Waals surface area contributed by atoms with E-state index < -0.39 is 0 Å². The van der Waals surface area contributed by atoms with Gasteiger partial charge in [0.25, 0.3) is 0 Å². The Balaban J connectivity index is 3.42. The summed E-state index contributed by atoms with van der Waals surface area (Å²) >= 11 is 0. The van der Waals surface area contributed by atoms with Crippen molar-refractivity contribution in [1.82, 2.24) is 0 Å². The molecule has 126 valence electrons. The highest BCUT2D eigenvalue weighted by atomic mass is 16.6. The molecule has 0 radical (unpaired) electrons. The van der Waals surface area contributed by atoms with Crippen molar-refractivity contribution in [1.29, 1.82) is 0 Å². The van der Waals surface area contributed by atoms with Crippen LogP contribution in [0.15, 0.2) is 0 Å². The van der Waals surface area contributed by atoms with E-state index in [0.717, 1.165) is 25.9 Å². The standard InChI is InChI=1S/C17H34O4/c1-6-7-8-19-9-10-20-11-12-21-16(18)13-15(2)14-17(3,4)5/h15H,6-14H2,1-5H3. The minimum atomic E-state index is -0.130. The molecule has 0 saturated carbocycles. The first kappa shape index (κ1) is 20.4. The van der Waals surface area contributed by atoms with Gasteiger partial charge < -0.3 is 14.2 Å². The number of ether oxygens (including phenoxy) is 3. The largest absolute Gasteiger partial charge is 0.463 e. The number of hydrogen-bond acceptors (Lipinski definition) is 4. The van der Waals surface area contributed by atoms with E-state index in [1.807, 2.05) is 0 Å². The summed E-state index contributed by atoms with van der Waals surface area (Å²) in [6.45, 7) is 13.5. The van der Waals surface area contributed by atoms with Gasteiger partial charge >= 0.3 is 5.97 Å². The number of rotatable bonds is 12. The van der Waals surface area contributed by atoms with Crippen molar-refractivity contribution in [3.05, 3.63) is 0 Å². The highest BCUT2D eigenvalue weighted by molar-refractivity contribution is 5.69. The number of carbonyl (C=O) groups excluding carboxylic acids is 1. The van der Waals surface area contributed by atoms with Crippen LogP contribution in [-0.2, 0) is 19.0 Å². The minimum Gasteiger partial charge on any atom is -0.463 e. The quantitative estimate of drug-likeness (QED) is 0.406. The summed E-state index contributed by atoms with van der Waals surface area (Å²) in [7, 11) is 0. The van der Waals surface area contributed by atoms with Crippen molar-refractivity contribution in [2.24, 2.45) is 11.3 Å². The molecule has 1 atom stereocenters. The topological polar surface area (TPSA) is 44.8 Å². The summed E-state index contributed by atoms with van der Waals surface area (Å²) < 4.78 is 15.9. The van der Waals surface area contributed by atoms with Crippen molar-refractivity contribution < 1.29 is 19.0 Å². The van der Waals surface area contributed by atoms with Crippen LogP contribution in [0.1, 0.15) is 60.3 Å². The molecule has 0 bridgehead atoms. The molecular formula is C17H34O4. The first-order valence-electron chi connectivity index (χ1n) is 8.16. The molecule has 0 heterocycles. The summed E-state index contributed by atoms with van der Waals surface area (Å²) in [6, 6.07) is 0. The number of unbranched alkanes of at least 4 members (excludes halogenated alkanes) is 1. The lowest BCUT2D eigenvalue weighted by atomic mass is 9.84. The van der Waals surface area contributed by atoms with Gasteiger partial charge in [-0.25, -0.2) is 0 Å². The van der Waals surface area contributed by atoms with Crippen LogP contribution in [0.4, 0.5) is 0 Å². The van der Waals surface area contributed by atoms with Crippen LogP contribution in [0, 0.1) is 11.3 Å². The highest BCUT2D eigenvalue weighted by Gasteiger charge is 2.18. The van der Waals surface area contributed by atoms with Gasteiger partial charge in [-0.3, -0.25) is 4.79 Å². The third kappa shape index (κ3) is 15.6. The lowest BCUT2D eigenvalue weighted by Gasteiger charge is -2.22. The molecule has 0 rings (SSSR count). The Bertz CT molecular complexity index is 258. The number of esters is 1. The first-order valence-corrected chi connectivity index (χ1v) is 8.16. The van der Waals surface area contributed by atoms with Gasteiger partial charge in [0.2, 0.25) is 0 Å². The van der Waals surface area contributed by atoms with Crippen LogP contribution in [0.5, 0.6) is 0 Å². The smallest absolute Gasteiger partial charge is 0.306 e. The predicted molar refractivity (Wildman–Crippen MR) is 85.4 cm³/mol. The zero-order valence-corrected chi connectivity index (χ0v) is 14.6. The van der Waals surface area contributed by atoms with Gasteiger partial charge in [0.05, 0.1) is 19.8 Å². The fourth-order valence-corrected chi connectivity index (χ4v) is 2.24. The van der Waals surface area contributed by atoms with Crippen molar-refractivity contribution in [2.75, 3.05) is 33.0 Å². The van der Waals surface area contributed by atoms with E-state index in [9.17, 15) is 4.79 Å². The third-order valence-electron chi connectivity index (χ3n) is 2.98. The Morgan fingerprint density at radius 1 is 1.00 bits per heavy atom. The van der Waals surface area contributed by atoms with Crippen LogP contribution in [0.3, 0.4) is 0 Å². The molecule has 0 aromatic rings. The highest BCUT2D eigenvalue weighted by Crippen LogP contribution is 2.25. The molecule has 4 nitrogen and oxygen atoms in total. The van der Waals surface area contributed by atoms with Gasteiger partial charge in [-0.2, -0.15) is 0 Å². The molecule has 0 saturated heterocycles. The van der Waals surface area contributed by atoms with Gasteiger partial charge in [0.15, 0.2) is 0 Å². The van der Waals surface area contributed by atoms with Crippen LogP contribution in [-0.4, -0.2) is 39.0 Å². The van der Waals surface area contributed by atoms with Gasteiger partial charge in [-0.05, 0) is 24.2 Å². The van der Waals surface area contributed by atoms with Crippen molar-refractivity contribution in [3.63, 3.8) is 0 Å². The van der Waals surface area contributed by atoms with Crippen LogP contribution in [0.2, 0.25) is 0 Å². The molecular weight excluding hydrogens is 268 g/mol. The van der Waals surface area contributed by atoms with Gasteiger partial charge in [0, 0.05) is 13.0 Å². The van der Waals surface area contributed by atoms with Gasteiger partial charge in [-0.15, -0.1) is 0 Å². The number of hydrogen-bond donors (Lipinski definition) is 0. The van der Waals surface area contributed by atoms with Crippen LogP contribution < -0.4 is 0 Å². The molecule has 0 aromatic heterocycles. The Labute approximate surface area is 130 Å². The Hall–Kier alpha value is -0.610. The van der Waals surface area contributed by atoms with Crippen LogP contribution >= 0.6 is 0 Å². The normalized spacial score (nSPS) is 13.2. The second-order valence-corrected chi connectivity index (χ2v) is 6.87. The van der Waals surface area contributed by atoms with Crippen molar-refractivity contribution in [2.45, 2.75) is 60.3 Å². The Morgan fingerprint density at radius 2 is 1.57 bits per heavy atom. The molecule has 4 heteroatoms. The molecule has 0 aliphatic rings. The lowest BCUT2D eigenvalue weighted by molar-refractivity contribution is -0.146. The second kappa shape index (κ2) is 12.0. The van der Waals surface area contributed by atoms with E-state index in [1.165, 1.54) is 0 Å². The zero-order valence-electron chi connectivity index (χ0n) is 14.6. The molecule has 0 aliphatic heterocycles. The summed E-state index contributed by atoms with van der Waals surface area (Å²) in [5.74, 6) is 0.222. The third-order valence-corrected chi connectivity index (χ3v) is 2.98. The second-order valence-electron chi connectivity index (χ2n) is 6.87. The molecule has 0 aliphatic carbocycles. The molecule has 0 spiro atoms. The molecule has 21 heavy (non-hydrogen) atoms. The average molecular weight is 302 g/mol. The molecule has 0 amide bonds. The average Bonchev–Trinajstić information content (AvgIpc) is 2.34. The van der Waals surface area contributed by atoms with Crippen molar-refractivity contribution in [3.8, 4) is 0 Å². The van der Waals surface area contributed by atoms with E-state index >= 15 is 0 Å². The van der Waals surface area contributed by atoms with Gasteiger partial charge in [0.1, 0.15) is 6.61 Å². The summed E-state index contributed by atoms with van der Waals surface area (Å²) in [5, 5.41) is 0. The maximum Gasteiger partial charge on any atom is 0.306 e. The van der Waals surface area contributed by atoms with E-state index in [1.54, 1.807) is 0 Å². The predicted octanol–water partition coefficient (Wildman–Crippen LogP) is 3.83.